The highest BCUT2D eigenvalue weighted by molar-refractivity contribution is 14.1. The maximum absolute atomic E-state index is 12.8. The number of pyridine rings is 1. The normalized spacial score (nSPS) is 10.0. The minimum absolute atomic E-state index is 0.0650. The molecule has 0 aromatic carbocycles. The molecule has 0 amide bonds. The highest BCUT2D eigenvalue weighted by Gasteiger charge is 2.07. The van der Waals surface area contributed by atoms with Crippen LogP contribution < -0.4 is 0 Å². The lowest BCUT2D eigenvalue weighted by molar-refractivity contribution is 0.613. The van der Waals surface area contributed by atoms with Crippen LogP contribution in [0.5, 0.6) is 0 Å². The summed E-state index contributed by atoms with van der Waals surface area (Å²) in [4.78, 5) is 3.62. The van der Waals surface area contributed by atoms with Gasteiger partial charge in [0, 0.05) is 9.77 Å². The van der Waals surface area contributed by atoms with E-state index in [0.29, 0.717) is 3.57 Å². The van der Waals surface area contributed by atoms with Gasteiger partial charge in [0.05, 0.1) is 3.57 Å². The van der Waals surface area contributed by atoms with Gasteiger partial charge in [0.2, 0.25) is 0 Å². The second kappa shape index (κ2) is 3.48. The lowest BCUT2D eigenvalue weighted by atomic mass is 10.5. The van der Waals surface area contributed by atoms with Crippen LogP contribution in [0.2, 0.25) is 5.15 Å². The predicted molar refractivity (Wildman–Crippen MR) is 54.6 cm³/mol. The van der Waals surface area contributed by atoms with Crippen LogP contribution in [0.4, 0.5) is 4.39 Å². The number of hydrogen-bond acceptors (Lipinski definition) is 1. The zero-order valence-corrected chi connectivity index (χ0v) is 9.61. The van der Waals surface area contributed by atoms with Gasteiger partial charge in [-0.25, -0.2) is 9.37 Å². The van der Waals surface area contributed by atoms with Gasteiger partial charge in [-0.05, 0) is 45.2 Å². The molecule has 0 radical (unpaired) electrons. The van der Waals surface area contributed by atoms with Crippen LogP contribution in [-0.4, -0.2) is 4.98 Å². The fraction of sp³-hybridized carbons (Fsp3) is 0. The molecule has 0 N–H and O–H groups in total. The second-order valence-electron chi connectivity index (χ2n) is 1.52. The van der Waals surface area contributed by atoms with Gasteiger partial charge in [-0.15, -0.1) is 0 Å². The molecule has 1 nitrogen and oxygen atoms in total. The summed E-state index contributed by atoms with van der Waals surface area (Å²) in [5.41, 5.74) is 0. The van der Waals surface area contributed by atoms with Crippen LogP contribution in [0.25, 0.3) is 0 Å². The first kappa shape index (κ1) is 8.92. The highest BCUT2D eigenvalue weighted by Crippen LogP contribution is 2.21. The molecule has 5 heteroatoms. The number of nitrogens with zero attached hydrogens (tertiary/aromatic N) is 1. The van der Waals surface area contributed by atoms with Crippen LogP contribution in [-0.2, 0) is 0 Å². The largest absolute Gasteiger partial charge is 0.240 e. The molecule has 10 heavy (non-hydrogen) atoms. The van der Waals surface area contributed by atoms with Crippen molar-refractivity contribution < 1.29 is 4.39 Å². The van der Waals surface area contributed by atoms with E-state index in [1.807, 2.05) is 45.2 Å². The molecular weight excluding hydrogens is 382 g/mol. The third kappa shape index (κ3) is 1.70. The minimum Gasteiger partial charge on any atom is -0.240 e. The Morgan fingerprint density at radius 2 is 2.10 bits per heavy atom. The van der Waals surface area contributed by atoms with E-state index in [1.165, 1.54) is 6.20 Å². The molecule has 1 rings (SSSR count). The van der Waals surface area contributed by atoms with Crippen molar-refractivity contribution in [2.45, 2.75) is 0 Å². The standard InChI is InChI=1S/C5HClFI2N/c6-5-3(7)4(9)2(8)1-10-5/h1H. The topological polar surface area (TPSA) is 12.9 Å². The fourth-order valence-corrected chi connectivity index (χ4v) is 1.50. The SMILES string of the molecule is Fc1c(Cl)ncc(I)c1I. The lowest BCUT2D eigenvalue weighted by Gasteiger charge is -1.97. The summed E-state index contributed by atoms with van der Waals surface area (Å²) in [6, 6.07) is 0. The Kier molecular flexibility index (Phi) is 3.11. The molecule has 0 unspecified atom stereocenters. The molecule has 0 saturated heterocycles. The number of halogens is 4. The van der Waals surface area contributed by atoms with Crippen molar-refractivity contribution in [1.82, 2.24) is 4.98 Å². The summed E-state index contributed by atoms with van der Waals surface area (Å²) in [6.45, 7) is 0. The van der Waals surface area contributed by atoms with E-state index >= 15 is 0 Å². The van der Waals surface area contributed by atoms with Crippen LogP contribution >= 0.6 is 56.8 Å². The maximum atomic E-state index is 12.8. The smallest absolute Gasteiger partial charge is 0.174 e. The summed E-state index contributed by atoms with van der Waals surface area (Å²) in [5, 5.41) is -0.0650. The van der Waals surface area contributed by atoms with Gasteiger partial charge >= 0.3 is 0 Å². The Morgan fingerprint density at radius 1 is 1.50 bits per heavy atom. The zero-order valence-electron chi connectivity index (χ0n) is 4.54. The summed E-state index contributed by atoms with van der Waals surface area (Å²) >= 11 is 9.28. The third-order valence-corrected chi connectivity index (χ3v) is 4.04. The van der Waals surface area contributed by atoms with Gasteiger partial charge in [-0.1, -0.05) is 11.6 Å². The van der Waals surface area contributed by atoms with E-state index in [4.69, 9.17) is 11.6 Å². The van der Waals surface area contributed by atoms with Crippen molar-refractivity contribution in [2.75, 3.05) is 0 Å². The number of rotatable bonds is 0. The number of hydrogen-bond donors (Lipinski definition) is 0. The monoisotopic (exact) mass is 383 g/mol. The van der Waals surface area contributed by atoms with E-state index in [0.717, 1.165) is 3.57 Å². The second-order valence-corrected chi connectivity index (χ2v) is 4.12. The van der Waals surface area contributed by atoms with Crippen molar-refractivity contribution in [1.29, 1.82) is 0 Å². The van der Waals surface area contributed by atoms with Crippen molar-refractivity contribution in [2.24, 2.45) is 0 Å². The van der Waals surface area contributed by atoms with Crippen molar-refractivity contribution in [3.63, 3.8) is 0 Å². The Morgan fingerprint density at radius 3 is 2.60 bits per heavy atom. The van der Waals surface area contributed by atoms with Crippen LogP contribution in [0.1, 0.15) is 0 Å². The Hall–Kier alpha value is 0.830. The van der Waals surface area contributed by atoms with E-state index in [1.54, 1.807) is 0 Å². The fourth-order valence-electron chi connectivity index (χ4n) is 0.422. The van der Waals surface area contributed by atoms with Gasteiger partial charge in [0.25, 0.3) is 0 Å². The van der Waals surface area contributed by atoms with Crippen LogP contribution in [0.15, 0.2) is 6.20 Å². The molecule has 0 fully saturated rings. The van der Waals surface area contributed by atoms with Gasteiger partial charge in [-0.3, -0.25) is 0 Å². The molecule has 0 aliphatic heterocycles. The van der Waals surface area contributed by atoms with Gasteiger partial charge in [-0.2, -0.15) is 0 Å². The molecule has 0 atom stereocenters. The Balaban J connectivity index is 3.34. The van der Waals surface area contributed by atoms with E-state index in [9.17, 15) is 4.39 Å². The molecule has 0 aliphatic rings. The van der Waals surface area contributed by atoms with E-state index in [2.05, 4.69) is 4.98 Å². The van der Waals surface area contributed by atoms with Crippen LogP contribution in [0, 0.1) is 13.0 Å². The first-order valence-corrected chi connectivity index (χ1v) is 4.81. The summed E-state index contributed by atoms with van der Waals surface area (Å²) in [6.07, 6.45) is 1.54. The predicted octanol–water partition coefficient (Wildman–Crippen LogP) is 3.08. The van der Waals surface area contributed by atoms with E-state index in [-0.39, 0.29) is 5.15 Å². The average Bonchev–Trinajstić information content (AvgIpc) is 1.93. The maximum Gasteiger partial charge on any atom is 0.174 e. The van der Waals surface area contributed by atoms with Crippen molar-refractivity contribution in [3.8, 4) is 0 Å². The zero-order chi connectivity index (χ0) is 7.72. The molecule has 0 saturated carbocycles. The number of aromatic nitrogens is 1. The molecular formula is C5HClFI2N. The highest BCUT2D eigenvalue weighted by atomic mass is 127. The minimum atomic E-state index is -0.436. The molecule has 0 bridgehead atoms. The average molecular weight is 383 g/mol. The van der Waals surface area contributed by atoms with Gasteiger partial charge in [0.15, 0.2) is 11.0 Å². The van der Waals surface area contributed by atoms with E-state index < -0.39 is 5.82 Å². The van der Waals surface area contributed by atoms with Gasteiger partial charge in [0.1, 0.15) is 0 Å². The molecule has 1 heterocycles. The third-order valence-electron chi connectivity index (χ3n) is 0.875. The lowest BCUT2D eigenvalue weighted by Crippen LogP contribution is -1.90. The molecule has 1 aromatic heterocycles. The summed E-state index contributed by atoms with van der Waals surface area (Å²) in [7, 11) is 0. The summed E-state index contributed by atoms with van der Waals surface area (Å²) in [5.74, 6) is -0.436. The van der Waals surface area contributed by atoms with Crippen molar-refractivity contribution >= 4 is 56.8 Å². The first-order valence-electron chi connectivity index (χ1n) is 2.28. The molecule has 0 aliphatic carbocycles. The van der Waals surface area contributed by atoms with Gasteiger partial charge < -0.3 is 0 Å². The Bertz CT molecular complexity index is 239. The Labute approximate surface area is 89.6 Å². The molecule has 0 spiro atoms. The summed E-state index contributed by atoms with van der Waals surface area (Å²) < 4.78 is 14.1. The molecule has 54 valence electrons. The first-order chi connectivity index (χ1) is 4.63. The quantitative estimate of drug-likeness (QED) is 0.496. The molecule has 1 aromatic rings. The van der Waals surface area contributed by atoms with Crippen molar-refractivity contribution in [3.05, 3.63) is 24.3 Å². The van der Waals surface area contributed by atoms with Crippen LogP contribution in [0.3, 0.4) is 0 Å².